The van der Waals surface area contributed by atoms with Gasteiger partial charge in [0.2, 0.25) is 11.8 Å². The summed E-state index contributed by atoms with van der Waals surface area (Å²) in [6.07, 6.45) is 11.5. The number of carbonyl (C=O) groups is 4. The van der Waals surface area contributed by atoms with E-state index in [4.69, 9.17) is 19.4 Å². The number of amides is 4. The molecule has 6 unspecified atom stereocenters. The minimum absolute atomic E-state index is 0.0744. The van der Waals surface area contributed by atoms with Gasteiger partial charge in [-0.3, -0.25) is 9.59 Å². The topological polar surface area (TPSA) is 175 Å². The van der Waals surface area contributed by atoms with Gasteiger partial charge in [-0.25, -0.2) is 19.6 Å². The standard InChI is InChI=1S/C55H64N8O6/c1-26(2)48(60-54(66)68-5)52(64)62-19-7-8-41(62)50-56-25-40(59-50)37-17-16-36(46-31-11-12-32(21-31)47(37)46)35-15-14-34(44-29-9-10-30(20-29)45(35)44)28-13-18-38-39(22-28)58-51(57-38)43-24-33-23-42(33)63(43)53(65)49(27(3)4)61-55(67)69-6/h13-18,22,25-27,29-33,41-43,48-49H,7-12,19-21,23-24H2,1-6H3,(H,56,59)(H,57,58)(H,60,66)(H,61,67)/t29?,30?,31?,32?,33?,41-,42?,43-,48-,49-/m0/s1. The number of piperidine rings is 1. The van der Waals surface area contributed by atoms with Crippen molar-refractivity contribution in [3.63, 3.8) is 0 Å². The number of ether oxygens (including phenoxy) is 2. The quantitative estimate of drug-likeness (QED) is 0.101. The summed E-state index contributed by atoms with van der Waals surface area (Å²) in [6, 6.07) is 14.6. The van der Waals surface area contributed by atoms with E-state index in [1.165, 1.54) is 97.3 Å². The molecule has 5 aliphatic carbocycles. The molecule has 4 N–H and O–H groups in total. The van der Waals surface area contributed by atoms with Crippen LogP contribution < -0.4 is 10.6 Å². The Bertz CT molecular complexity index is 2920. The molecule has 14 nitrogen and oxygen atoms in total. The molecule has 5 aromatic rings. The van der Waals surface area contributed by atoms with E-state index in [2.05, 4.69) is 63.1 Å². The molecular weight excluding hydrogens is 869 g/mol. The number of aromatic nitrogens is 4. The van der Waals surface area contributed by atoms with Crippen LogP contribution in [0.25, 0.3) is 44.5 Å². The first-order chi connectivity index (χ1) is 33.4. The number of likely N-dealkylation sites (tertiary alicyclic amines) is 2. The second kappa shape index (κ2) is 16.8. The average Bonchev–Trinajstić information content (AvgIpc) is 4.19. The summed E-state index contributed by atoms with van der Waals surface area (Å²) in [4.78, 5) is 73.8. The van der Waals surface area contributed by atoms with Gasteiger partial charge in [0.1, 0.15) is 23.7 Å². The van der Waals surface area contributed by atoms with Gasteiger partial charge in [0.25, 0.3) is 0 Å². The van der Waals surface area contributed by atoms with Crippen LogP contribution in [0.15, 0.2) is 48.7 Å². The first-order valence-electron chi connectivity index (χ1n) is 25.6. The molecule has 2 aliphatic heterocycles. The predicted molar refractivity (Wildman–Crippen MR) is 261 cm³/mol. The highest BCUT2D eigenvalue weighted by Gasteiger charge is 2.56. The Morgan fingerprint density at radius 2 is 1.23 bits per heavy atom. The summed E-state index contributed by atoms with van der Waals surface area (Å²) in [5, 5.41) is 5.56. The van der Waals surface area contributed by atoms with Gasteiger partial charge in [0.05, 0.1) is 49.2 Å². The van der Waals surface area contributed by atoms with E-state index < -0.39 is 24.3 Å². The van der Waals surface area contributed by atoms with Gasteiger partial charge in [0, 0.05) is 18.2 Å². The van der Waals surface area contributed by atoms with Crippen molar-refractivity contribution in [1.29, 1.82) is 0 Å². The molecule has 3 aromatic carbocycles. The molecule has 2 aromatic heterocycles. The number of alkyl carbamates (subject to hydrolysis) is 2. The number of carbonyl (C=O) groups excluding carboxylic acids is 4. The molecule has 10 atom stereocenters. The lowest BCUT2D eigenvalue weighted by molar-refractivity contribution is -0.137. The Labute approximate surface area is 403 Å². The van der Waals surface area contributed by atoms with Crippen molar-refractivity contribution in [2.45, 2.75) is 146 Å². The highest BCUT2D eigenvalue weighted by molar-refractivity contribution is 5.90. The van der Waals surface area contributed by atoms with Crippen molar-refractivity contribution in [3.8, 4) is 33.5 Å². The lowest BCUT2D eigenvalue weighted by Crippen LogP contribution is -2.52. The number of nitrogens with zero attached hydrogens (tertiary/aromatic N) is 4. The number of aromatic amines is 2. The largest absolute Gasteiger partial charge is 0.453 e. The molecule has 14 heteroatoms. The van der Waals surface area contributed by atoms with Crippen molar-refractivity contribution in [1.82, 2.24) is 40.4 Å². The molecule has 4 bridgehead atoms. The van der Waals surface area contributed by atoms with Crippen LogP contribution >= 0.6 is 0 Å². The molecule has 4 heterocycles. The zero-order valence-corrected chi connectivity index (χ0v) is 40.6. The highest BCUT2D eigenvalue weighted by Crippen LogP contribution is 2.62. The van der Waals surface area contributed by atoms with E-state index in [1.54, 1.807) is 5.56 Å². The van der Waals surface area contributed by atoms with Crippen molar-refractivity contribution in [2.75, 3.05) is 20.8 Å². The monoisotopic (exact) mass is 932 g/mol. The number of hydrogen-bond acceptors (Lipinski definition) is 8. The predicted octanol–water partition coefficient (Wildman–Crippen LogP) is 10.1. The van der Waals surface area contributed by atoms with Crippen LogP contribution in [0.2, 0.25) is 0 Å². The third-order valence-electron chi connectivity index (χ3n) is 17.4. The first-order valence-corrected chi connectivity index (χ1v) is 25.6. The van der Waals surface area contributed by atoms with Crippen LogP contribution in [0.3, 0.4) is 0 Å². The Hall–Kier alpha value is -6.18. The first kappa shape index (κ1) is 44.1. The van der Waals surface area contributed by atoms with Gasteiger partial charge in [-0.2, -0.15) is 0 Å². The summed E-state index contributed by atoms with van der Waals surface area (Å²) in [5.74, 6) is 3.80. The third kappa shape index (κ3) is 7.16. The lowest BCUT2D eigenvalue weighted by atomic mass is 9.77. The molecular formula is C55H64N8O6. The lowest BCUT2D eigenvalue weighted by Gasteiger charge is -2.31. The molecule has 7 aliphatic rings. The summed E-state index contributed by atoms with van der Waals surface area (Å²) >= 11 is 0. The van der Waals surface area contributed by atoms with E-state index >= 15 is 0 Å². The Morgan fingerprint density at radius 1 is 0.652 bits per heavy atom. The van der Waals surface area contributed by atoms with Crippen molar-refractivity contribution >= 4 is 35.0 Å². The molecule has 3 saturated carbocycles. The van der Waals surface area contributed by atoms with Crippen molar-refractivity contribution in [3.05, 3.63) is 82.6 Å². The maximum Gasteiger partial charge on any atom is 0.407 e. The van der Waals surface area contributed by atoms with Crippen LogP contribution in [0, 0.1) is 17.8 Å². The molecule has 5 fully saturated rings. The number of imidazole rings is 2. The SMILES string of the molecule is COC(=O)N[C@H](C(=O)N1CCC[C@H]1c1ncc(-c2ccc(-c3ccc(-c4ccc5nc([C@@H]6CC7CC7N6C(=O)[C@@H](NC(=O)OC)C(C)C)[nH]c5c4)c4c3C3CCC4C3)c3c2C2CCC3C2)[nH]1)C(C)C. The fraction of sp³-hybridized carbons (Fsp3) is 0.527. The second-order valence-electron chi connectivity index (χ2n) is 21.9. The van der Waals surface area contributed by atoms with Gasteiger partial charge in [-0.15, -0.1) is 0 Å². The number of rotatable bonds is 11. The van der Waals surface area contributed by atoms with E-state index in [0.717, 1.165) is 54.1 Å². The second-order valence-corrected chi connectivity index (χ2v) is 21.9. The summed E-state index contributed by atoms with van der Waals surface area (Å²) < 4.78 is 9.73. The van der Waals surface area contributed by atoms with E-state index in [0.29, 0.717) is 36.1 Å². The molecule has 360 valence electrons. The summed E-state index contributed by atoms with van der Waals surface area (Å²) in [5.41, 5.74) is 15.4. The molecule has 0 radical (unpaired) electrons. The average molecular weight is 933 g/mol. The number of fused-ring (bicyclic) bond motifs is 12. The number of nitrogens with one attached hydrogen (secondary N) is 4. The molecule has 12 rings (SSSR count). The summed E-state index contributed by atoms with van der Waals surface area (Å²) in [7, 11) is 2.64. The highest BCUT2D eigenvalue weighted by atomic mass is 16.5. The number of methoxy groups -OCH3 is 2. The van der Waals surface area contributed by atoms with E-state index in [1.807, 2.05) is 43.7 Å². The van der Waals surface area contributed by atoms with Gasteiger partial charge >= 0.3 is 12.2 Å². The maximum absolute atomic E-state index is 14.1. The van der Waals surface area contributed by atoms with Crippen LogP contribution in [0.1, 0.15) is 162 Å². The zero-order chi connectivity index (χ0) is 47.6. The fourth-order valence-corrected chi connectivity index (χ4v) is 14.1. The van der Waals surface area contributed by atoms with E-state index in [9.17, 15) is 19.2 Å². The van der Waals surface area contributed by atoms with Crippen LogP contribution in [-0.4, -0.2) is 92.6 Å². The van der Waals surface area contributed by atoms with Crippen molar-refractivity contribution < 1.29 is 28.7 Å². The number of H-pyrrole nitrogens is 2. The van der Waals surface area contributed by atoms with E-state index in [-0.39, 0.29) is 41.8 Å². The molecule has 69 heavy (non-hydrogen) atoms. The summed E-state index contributed by atoms with van der Waals surface area (Å²) in [6.45, 7) is 8.39. The maximum atomic E-state index is 14.1. The molecule has 0 spiro atoms. The Kier molecular flexibility index (Phi) is 10.7. The van der Waals surface area contributed by atoms with Gasteiger partial charge < -0.3 is 39.9 Å². The minimum Gasteiger partial charge on any atom is -0.453 e. The van der Waals surface area contributed by atoms with Crippen LogP contribution in [-0.2, 0) is 19.1 Å². The fourth-order valence-electron chi connectivity index (χ4n) is 14.1. The van der Waals surface area contributed by atoms with Gasteiger partial charge in [-0.05, 0) is 162 Å². The number of hydrogen-bond donors (Lipinski definition) is 4. The van der Waals surface area contributed by atoms with Gasteiger partial charge in [-0.1, -0.05) is 58.0 Å². The minimum atomic E-state index is -0.681. The molecule has 2 saturated heterocycles. The van der Waals surface area contributed by atoms with Crippen LogP contribution in [0.5, 0.6) is 0 Å². The van der Waals surface area contributed by atoms with Crippen molar-refractivity contribution in [2.24, 2.45) is 17.8 Å². The number of benzene rings is 3. The van der Waals surface area contributed by atoms with Gasteiger partial charge in [0.15, 0.2) is 0 Å². The van der Waals surface area contributed by atoms with Crippen LogP contribution in [0.4, 0.5) is 9.59 Å². The normalized spacial score (nSPS) is 26.7. The zero-order valence-electron chi connectivity index (χ0n) is 40.6. The Balaban J connectivity index is 0.856. The smallest absolute Gasteiger partial charge is 0.407 e. The third-order valence-corrected chi connectivity index (χ3v) is 17.4. The molecule has 4 amide bonds. The Morgan fingerprint density at radius 3 is 1.86 bits per heavy atom.